The van der Waals surface area contributed by atoms with Crippen molar-refractivity contribution in [2.75, 3.05) is 7.11 Å². The summed E-state index contributed by atoms with van der Waals surface area (Å²) in [5.41, 5.74) is 1.18. The Hall–Kier alpha value is -1.51. The number of methoxy groups -OCH3 is 1. The summed E-state index contributed by atoms with van der Waals surface area (Å²) in [5.74, 6) is 2.17. The first-order valence-corrected chi connectivity index (χ1v) is 6.62. The van der Waals surface area contributed by atoms with E-state index in [0.29, 0.717) is 23.8 Å². The molecule has 3 unspecified atom stereocenters. The number of hydrogen-bond donors (Lipinski definition) is 0. The Bertz CT molecular complexity index is 454. The van der Waals surface area contributed by atoms with E-state index in [1.165, 1.54) is 5.56 Å². The molecule has 1 saturated heterocycles. The maximum Gasteiger partial charge on any atom is 0.226 e. The first-order chi connectivity index (χ1) is 8.69. The van der Waals surface area contributed by atoms with E-state index in [4.69, 9.17) is 4.74 Å². The molecule has 0 N–H and O–H groups in total. The molecule has 1 heterocycles. The fourth-order valence-corrected chi connectivity index (χ4v) is 3.38. The van der Waals surface area contributed by atoms with Crippen LogP contribution in [0.2, 0.25) is 0 Å². The lowest BCUT2D eigenvalue weighted by molar-refractivity contribution is -0.136. The van der Waals surface area contributed by atoms with Gasteiger partial charge in [-0.2, -0.15) is 0 Å². The number of amides is 1. The Morgan fingerprint density at radius 3 is 2.61 bits per heavy atom. The van der Waals surface area contributed by atoms with Crippen LogP contribution in [0.25, 0.3) is 0 Å². The summed E-state index contributed by atoms with van der Waals surface area (Å²) in [6, 6.07) is 8.46. The zero-order valence-corrected chi connectivity index (χ0v) is 10.9. The van der Waals surface area contributed by atoms with E-state index in [1.54, 1.807) is 7.11 Å². The van der Waals surface area contributed by atoms with E-state index < -0.39 is 0 Å². The molecule has 3 atom stereocenters. The highest BCUT2D eigenvalue weighted by Gasteiger charge is 2.48. The van der Waals surface area contributed by atoms with Crippen LogP contribution >= 0.6 is 0 Å². The zero-order chi connectivity index (χ0) is 12.7. The Balaban J connectivity index is 1.74. The SMILES string of the molecule is COc1ccc(CN2C(=O)C3CC(C)C2C3)cc1. The summed E-state index contributed by atoms with van der Waals surface area (Å²) >= 11 is 0. The highest BCUT2D eigenvalue weighted by atomic mass is 16.5. The predicted molar refractivity (Wildman–Crippen MR) is 69.2 cm³/mol. The number of benzene rings is 1. The number of fused-ring (bicyclic) bond motifs is 2. The van der Waals surface area contributed by atoms with Gasteiger partial charge in [-0.1, -0.05) is 19.1 Å². The summed E-state index contributed by atoms with van der Waals surface area (Å²) < 4.78 is 5.15. The van der Waals surface area contributed by atoms with E-state index in [1.807, 2.05) is 24.3 Å². The number of hydrogen-bond acceptors (Lipinski definition) is 2. The molecule has 2 aliphatic rings. The number of carbonyl (C=O) groups is 1. The van der Waals surface area contributed by atoms with Crippen LogP contribution in [0.4, 0.5) is 0 Å². The molecule has 1 amide bonds. The molecule has 3 nitrogen and oxygen atoms in total. The summed E-state index contributed by atoms with van der Waals surface area (Å²) in [4.78, 5) is 14.2. The van der Waals surface area contributed by atoms with Gasteiger partial charge in [0.1, 0.15) is 5.75 Å². The van der Waals surface area contributed by atoms with Gasteiger partial charge in [-0.3, -0.25) is 4.79 Å². The van der Waals surface area contributed by atoms with Crippen LogP contribution in [0.15, 0.2) is 24.3 Å². The second-order valence-electron chi connectivity index (χ2n) is 5.53. The third-order valence-corrected chi connectivity index (χ3v) is 4.38. The summed E-state index contributed by atoms with van der Waals surface area (Å²) in [5, 5.41) is 0. The Morgan fingerprint density at radius 1 is 1.28 bits per heavy atom. The van der Waals surface area contributed by atoms with Gasteiger partial charge in [-0.15, -0.1) is 0 Å². The number of ether oxygens (including phenoxy) is 1. The van der Waals surface area contributed by atoms with Crippen molar-refractivity contribution < 1.29 is 9.53 Å². The molecule has 2 bridgehead atoms. The van der Waals surface area contributed by atoms with Crippen molar-refractivity contribution in [3.05, 3.63) is 29.8 Å². The molecule has 0 radical (unpaired) electrons. The summed E-state index contributed by atoms with van der Waals surface area (Å²) in [7, 11) is 1.67. The number of carbonyl (C=O) groups excluding carboxylic acids is 1. The minimum atomic E-state index is 0.295. The highest BCUT2D eigenvalue weighted by molar-refractivity contribution is 5.82. The smallest absolute Gasteiger partial charge is 0.226 e. The molecule has 3 heteroatoms. The molecule has 3 rings (SSSR count). The molecule has 1 aromatic carbocycles. The van der Waals surface area contributed by atoms with E-state index in [-0.39, 0.29) is 0 Å². The topological polar surface area (TPSA) is 29.5 Å². The molecular weight excluding hydrogens is 226 g/mol. The largest absolute Gasteiger partial charge is 0.497 e. The Labute approximate surface area is 108 Å². The van der Waals surface area contributed by atoms with Crippen LogP contribution in [0.3, 0.4) is 0 Å². The molecule has 1 aliphatic heterocycles. The molecule has 1 saturated carbocycles. The minimum Gasteiger partial charge on any atom is -0.497 e. The van der Waals surface area contributed by atoms with Crippen molar-refractivity contribution in [3.8, 4) is 5.75 Å². The molecule has 1 aliphatic carbocycles. The van der Waals surface area contributed by atoms with E-state index in [9.17, 15) is 4.79 Å². The molecule has 18 heavy (non-hydrogen) atoms. The molecular formula is C15H19NO2. The van der Waals surface area contributed by atoms with Crippen molar-refractivity contribution in [1.29, 1.82) is 0 Å². The first kappa shape index (κ1) is 11.6. The maximum atomic E-state index is 12.1. The van der Waals surface area contributed by atoms with Gasteiger partial charge in [0.2, 0.25) is 5.91 Å². The van der Waals surface area contributed by atoms with Gasteiger partial charge in [-0.25, -0.2) is 0 Å². The van der Waals surface area contributed by atoms with Gasteiger partial charge < -0.3 is 9.64 Å². The molecule has 2 fully saturated rings. The Kier molecular flexibility index (Phi) is 2.77. The molecule has 96 valence electrons. The fourth-order valence-electron chi connectivity index (χ4n) is 3.38. The van der Waals surface area contributed by atoms with Crippen molar-refractivity contribution in [1.82, 2.24) is 4.90 Å². The number of rotatable bonds is 3. The van der Waals surface area contributed by atoms with Crippen LogP contribution in [-0.2, 0) is 11.3 Å². The molecule has 1 aromatic rings. The Morgan fingerprint density at radius 2 is 2.00 bits per heavy atom. The van der Waals surface area contributed by atoms with Gasteiger partial charge in [-0.05, 0) is 36.5 Å². The van der Waals surface area contributed by atoms with Crippen LogP contribution < -0.4 is 4.74 Å². The van der Waals surface area contributed by atoms with Crippen molar-refractivity contribution >= 4 is 5.91 Å². The van der Waals surface area contributed by atoms with Gasteiger partial charge in [0, 0.05) is 18.5 Å². The first-order valence-electron chi connectivity index (χ1n) is 6.62. The fraction of sp³-hybridized carbons (Fsp3) is 0.533. The number of nitrogens with zero attached hydrogens (tertiary/aromatic N) is 1. The molecule has 0 aromatic heterocycles. The average Bonchev–Trinajstić information content (AvgIpc) is 2.89. The second-order valence-corrected chi connectivity index (χ2v) is 5.53. The zero-order valence-electron chi connectivity index (χ0n) is 10.9. The number of likely N-dealkylation sites (tertiary alicyclic amines) is 1. The second kappa shape index (κ2) is 4.30. The third kappa shape index (κ3) is 1.78. The van der Waals surface area contributed by atoms with Crippen LogP contribution in [0.1, 0.15) is 25.3 Å². The standard InChI is InChI=1S/C15H19NO2/c1-10-7-12-8-14(10)16(15(12)17)9-11-3-5-13(18-2)6-4-11/h3-6,10,12,14H,7-9H2,1-2H3. The minimum absolute atomic E-state index is 0.295. The maximum absolute atomic E-state index is 12.1. The lowest BCUT2D eigenvalue weighted by atomic mass is 9.99. The van der Waals surface area contributed by atoms with E-state index >= 15 is 0 Å². The number of piperidine rings is 1. The third-order valence-electron chi connectivity index (χ3n) is 4.38. The van der Waals surface area contributed by atoms with Crippen LogP contribution in [-0.4, -0.2) is 24.0 Å². The van der Waals surface area contributed by atoms with Gasteiger partial charge in [0.25, 0.3) is 0 Å². The monoisotopic (exact) mass is 245 g/mol. The van der Waals surface area contributed by atoms with E-state index in [2.05, 4.69) is 11.8 Å². The van der Waals surface area contributed by atoms with Crippen LogP contribution in [0.5, 0.6) is 5.75 Å². The lowest BCUT2D eigenvalue weighted by Gasteiger charge is -2.31. The van der Waals surface area contributed by atoms with Gasteiger partial charge >= 0.3 is 0 Å². The highest BCUT2D eigenvalue weighted by Crippen LogP contribution is 2.43. The summed E-state index contributed by atoms with van der Waals surface area (Å²) in [6.07, 6.45) is 2.15. The molecule has 0 spiro atoms. The van der Waals surface area contributed by atoms with Gasteiger partial charge in [0.15, 0.2) is 0 Å². The lowest BCUT2D eigenvalue weighted by Crippen LogP contribution is -2.40. The van der Waals surface area contributed by atoms with Crippen molar-refractivity contribution in [3.63, 3.8) is 0 Å². The van der Waals surface area contributed by atoms with Crippen LogP contribution in [0, 0.1) is 11.8 Å². The van der Waals surface area contributed by atoms with Crippen molar-refractivity contribution in [2.24, 2.45) is 11.8 Å². The van der Waals surface area contributed by atoms with Crippen molar-refractivity contribution in [2.45, 2.75) is 32.4 Å². The predicted octanol–water partition coefficient (Wildman–Crippen LogP) is 2.45. The van der Waals surface area contributed by atoms with E-state index in [0.717, 1.165) is 25.1 Å². The van der Waals surface area contributed by atoms with Gasteiger partial charge in [0.05, 0.1) is 7.11 Å². The normalized spacial score (nSPS) is 30.0. The average molecular weight is 245 g/mol. The quantitative estimate of drug-likeness (QED) is 0.818. The summed E-state index contributed by atoms with van der Waals surface area (Å²) in [6.45, 7) is 3.01.